The van der Waals surface area contributed by atoms with Crippen molar-refractivity contribution in [3.05, 3.63) is 23.8 Å². The molecule has 1 unspecified atom stereocenters. The quantitative estimate of drug-likeness (QED) is 0.835. The normalized spacial score (nSPS) is 12.7. The van der Waals surface area contributed by atoms with Crippen LogP contribution in [0.4, 0.5) is 0 Å². The van der Waals surface area contributed by atoms with Crippen molar-refractivity contribution >= 4 is 5.91 Å². The summed E-state index contributed by atoms with van der Waals surface area (Å²) in [7, 11) is 4.95. The van der Waals surface area contributed by atoms with Crippen molar-refractivity contribution in [3.63, 3.8) is 0 Å². The molecule has 0 radical (unpaired) electrons. The number of methoxy groups -OCH3 is 2. The van der Waals surface area contributed by atoms with Crippen LogP contribution >= 0.6 is 0 Å². The Morgan fingerprint density at radius 3 is 2.30 bits per heavy atom. The number of hydrogen-bond acceptors (Lipinski definition) is 4. The Morgan fingerprint density at radius 2 is 1.80 bits per heavy atom. The van der Waals surface area contributed by atoms with E-state index in [1.54, 1.807) is 21.3 Å². The van der Waals surface area contributed by atoms with Crippen molar-refractivity contribution in [2.24, 2.45) is 0 Å². The maximum absolute atomic E-state index is 12.1. The lowest BCUT2D eigenvalue weighted by Gasteiger charge is -2.25. The molecule has 0 aliphatic carbocycles. The second kappa shape index (κ2) is 6.61. The Labute approximate surface area is 120 Å². The molecule has 2 N–H and O–H groups in total. The zero-order valence-corrected chi connectivity index (χ0v) is 13.0. The fourth-order valence-corrected chi connectivity index (χ4v) is 1.70. The highest BCUT2D eigenvalue weighted by Crippen LogP contribution is 2.29. The van der Waals surface area contributed by atoms with Crippen molar-refractivity contribution in [2.45, 2.75) is 32.4 Å². The monoisotopic (exact) mass is 280 g/mol. The van der Waals surface area contributed by atoms with Crippen molar-refractivity contribution in [3.8, 4) is 11.5 Å². The summed E-state index contributed by atoms with van der Waals surface area (Å²) in [5.41, 5.74) is 0.355. The van der Waals surface area contributed by atoms with Crippen LogP contribution in [-0.4, -0.2) is 32.7 Å². The molecule has 20 heavy (non-hydrogen) atoms. The Morgan fingerprint density at radius 1 is 1.20 bits per heavy atom. The van der Waals surface area contributed by atoms with Gasteiger partial charge in [-0.05, 0) is 45.5 Å². The Balaban J connectivity index is 2.88. The maximum Gasteiger partial charge on any atom is 0.240 e. The van der Waals surface area contributed by atoms with Crippen molar-refractivity contribution < 1.29 is 14.3 Å². The van der Waals surface area contributed by atoms with E-state index in [-0.39, 0.29) is 11.9 Å². The van der Waals surface area contributed by atoms with Gasteiger partial charge in [0.1, 0.15) is 0 Å². The minimum absolute atomic E-state index is 0.0534. The molecule has 1 aromatic carbocycles. The van der Waals surface area contributed by atoms with Gasteiger partial charge in [-0.3, -0.25) is 4.79 Å². The highest BCUT2D eigenvalue weighted by molar-refractivity contribution is 5.85. The summed E-state index contributed by atoms with van der Waals surface area (Å²) in [5, 5.41) is 5.96. The fourth-order valence-electron chi connectivity index (χ4n) is 1.70. The number of benzene rings is 1. The van der Waals surface area contributed by atoms with Gasteiger partial charge in [0.05, 0.1) is 25.8 Å². The summed E-state index contributed by atoms with van der Waals surface area (Å²) in [5.74, 6) is 1.27. The molecule has 0 saturated carbocycles. The smallest absolute Gasteiger partial charge is 0.240 e. The SMILES string of the molecule is CNC(C)(C)C(=O)NC(C)c1ccc(OC)c(OC)c1. The van der Waals surface area contributed by atoms with Gasteiger partial charge in [-0.2, -0.15) is 0 Å². The van der Waals surface area contributed by atoms with E-state index in [2.05, 4.69) is 10.6 Å². The first-order valence-electron chi connectivity index (χ1n) is 6.57. The topological polar surface area (TPSA) is 59.6 Å². The van der Waals surface area contributed by atoms with Gasteiger partial charge in [-0.15, -0.1) is 0 Å². The number of amides is 1. The molecule has 5 heteroatoms. The highest BCUT2D eigenvalue weighted by Gasteiger charge is 2.26. The van der Waals surface area contributed by atoms with Gasteiger partial charge < -0.3 is 20.1 Å². The highest BCUT2D eigenvalue weighted by atomic mass is 16.5. The average molecular weight is 280 g/mol. The predicted octanol–water partition coefficient (Wildman–Crippen LogP) is 1.88. The molecule has 0 spiro atoms. The van der Waals surface area contributed by atoms with Crippen LogP contribution in [0.3, 0.4) is 0 Å². The summed E-state index contributed by atoms with van der Waals surface area (Å²) in [6, 6.07) is 5.50. The average Bonchev–Trinajstić information content (AvgIpc) is 2.46. The molecule has 1 rings (SSSR count). The molecule has 0 heterocycles. The van der Waals surface area contributed by atoms with E-state index in [1.165, 1.54) is 0 Å². The summed E-state index contributed by atoms with van der Waals surface area (Å²) >= 11 is 0. The molecular weight excluding hydrogens is 256 g/mol. The summed E-state index contributed by atoms with van der Waals surface area (Å²) in [4.78, 5) is 12.1. The van der Waals surface area contributed by atoms with Gasteiger partial charge >= 0.3 is 0 Å². The summed E-state index contributed by atoms with van der Waals surface area (Å²) in [6.07, 6.45) is 0. The van der Waals surface area contributed by atoms with Gasteiger partial charge in [0.25, 0.3) is 0 Å². The molecular formula is C15H24N2O3. The number of carbonyl (C=O) groups is 1. The van der Waals surface area contributed by atoms with E-state index in [0.29, 0.717) is 11.5 Å². The lowest BCUT2D eigenvalue weighted by molar-refractivity contribution is -0.126. The number of likely N-dealkylation sites (N-methyl/N-ethyl adjacent to an activating group) is 1. The molecule has 1 amide bonds. The van der Waals surface area contributed by atoms with Crippen LogP contribution in [0.25, 0.3) is 0 Å². The van der Waals surface area contributed by atoms with Gasteiger partial charge in [0.15, 0.2) is 11.5 Å². The van der Waals surface area contributed by atoms with Gasteiger partial charge in [0, 0.05) is 0 Å². The van der Waals surface area contributed by atoms with Gasteiger partial charge in [0.2, 0.25) is 5.91 Å². The molecule has 0 aliphatic heterocycles. The molecule has 0 saturated heterocycles. The van der Waals surface area contributed by atoms with Crippen molar-refractivity contribution in [1.82, 2.24) is 10.6 Å². The predicted molar refractivity (Wildman–Crippen MR) is 79.2 cm³/mol. The Kier molecular flexibility index (Phi) is 5.39. The van der Waals surface area contributed by atoms with Crippen LogP contribution in [0.5, 0.6) is 11.5 Å². The van der Waals surface area contributed by atoms with E-state index >= 15 is 0 Å². The molecule has 0 aromatic heterocycles. The molecule has 112 valence electrons. The molecule has 5 nitrogen and oxygen atoms in total. The first-order chi connectivity index (χ1) is 9.35. The molecule has 1 atom stereocenters. The Hall–Kier alpha value is -1.75. The van der Waals surface area contributed by atoms with E-state index in [4.69, 9.17) is 9.47 Å². The van der Waals surface area contributed by atoms with Crippen LogP contribution in [0.15, 0.2) is 18.2 Å². The van der Waals surface area contributed by atoms with Crippen LogP contribution in [0, 0.1) is 0 Å². The van der Waals surface area contributed by atoms with Crippen LogP contribution < -0.4 is 20.1 Å². The third-order valence-corrected chi connectivity index (χ3v) is 3.45. The number of hydrogen-bond donors (Lipinski definition) is 2. The molecule has 0 aliphatic rings. The summed E-state index contributed by atoms with van der Waals surface area (Å²) in [6.45, 7) is 5.61. The van der Waals surface area contributed by atoms with Gasteiger partial charge in [-0.25, -0.2) is 0 Å². The van der Waals surface area contributed by atoms with Gasteiger partial charge in [-0.1, -0.05) is 6.07 Å². The van der Waals surface area contributed by atoms with E-state index in [0.717, 1.165) is 5.56 Å². The molecule has 0 fully saturated rings. The molecule has 1 aromatic rings. The van der Waals surface area contributed by atoms with Crippen molar-refractivity contribution in [2.75, 3.05) is 21.3 Å². The van der Waals surface area contributed by atoms with Crippen LogP contribution in [0.1, 0.15) is 32.4 Å². The third-order valence-electron chi connectivity index (χ3n) is 3.45. The van der Waals surface area contributed by atoms with E-state index in [9.17, 15) is 4.79 Å². The molecule has 0 bridgehead atoms. The zero-order chi connectivity index (χ0) is 15.3. The van der Waals surface area contributed by atoms with Crippen LogP contribution in [-0.2, 0) is 4.79 Å². The number of carbonyl (C=O) groups excluding carboxylic acids is 1. The summed E-state index contributed by atoms with van der Waals surface area (Å²) < 4.78 is 10.5. The first kappa shape index (κ1) is 16.3. The standard InChI is InChI=1S/C15H24N2O3/c1-10(17-14(18)15(2,3)16-4)11-7-8-12(19-5)13(9-11)20-6/h7-10,16H,1-6H3,(H,17,18). The van der Waals surface area contributed by atoms with E-state index in [1.807, 2.05) is 39.0 Å². The van der Waals surface area contributed by atoms with E-state index < -0.39 is 5.54 Å². The fraction of sp³-hybridized carbons (Fsp3) is 0.533. The second-order valence-corrected chi connectivity index (χ2v) is 5.18. The lowest BCUT2D eigenvalue weighted by atomic mass is 10.0. The van der Waals surface area contributed by atoms with Crippen LogP contribution in [0.2, 0.25) is 0 Å². The third kappa shape index (κ3) is 3.63. The first-order valence-corrected chi connectivity index (χ1v) is 6.57. The van der Waals surface area contributed by atoms with Crippen molar-refractivity contribution in [1.29, 1.82) is 0 Å². The second-order valence-electron chi connectivity index (χ2n) is 5.18. The minimum Gasteiger partial charge on any atom is -0.493 e. The lowest BCUT2D eigenvalue weighted by Crippen LogP contribution is -2.51. The maximum atomic E-state index is 12.1. The Bertz CT molecular complexity index is 472. The number of nitrogens with one attached hydrogen (secondary N) is 2. The zero-order valence-electron chi connectivity index (χ0n) is 13.0. The number of ether oxygens (including phenoxy) is 2. The minimum atomic E-state index is -0.606. The largest absolute Gasteiger partial charge is 0.493 e. The number of rotatable bonds is 6.